The van der Waals surface area contributed by atoms with Crippen LogP contribution in [0.5, 0.6) is 0 Å². The van der Waals surface area contributed by atoms with Gasteiger partial charge < -0.3 is 9.88 Å². The second-order valence-corrected chi connectivity index (χ2v) is 7.47. The number of hydrazone groups is 1. The highest BCUT2D eigenvalue weighted by atomic mass is 19.1. The molecule has 0 fully saturated rings. The van der Waals surface area contributed by atoms with Gasteiger partial charge in [0.2, 0.25) is 0 Å². The van der Waals surface area contributed by atoms with Gasteiger partial charge in [0.25, 0.3) is 0 Å². The number of hydrogen-bond donors (Lipinski definition) is 1. The van der Waals surface area contributed by atoms with Gasteiger partial charge in [-0.2, -0.15) is 5.10 Å². The molecule has 0 bridgehead atoms. The summed E-state index contributed by atoms with van der Waals surface area (Å²) in [5, 5.41) is 9.52. The molecule has 188 valence electrons. The zero-order valence-electron chi connectivity index (χ0n) is 21.8. The number of hydrogen-bond acceptors (Lipinski definition) is 6. The molecule has 1 aliphatic rings. The van der Waals surface area contributed by atoms with E-state index in [-0.39, 0.29) is 5.82 Å². The van der Waals surface area contributed by atoms with Gasteiger partial charge in [0, 0.05) is 43.9 Å². The molecule has 0 aliphatic carbocycles. The molecule has 8 heteroatoms. The van der Waals surface area contributed by atoms with Gasteiger partial charge in [-0.05, 0) is 56.3 Å². The second kappa shape index (κ2) is 13.5. The molecule has 0 atom stereocenters. The maximum Gasteiger partial charge on any atom is 0.123 e. The molecule has 3 aromatic rings. The van der Waals surface area contributed by atoms with Gasteiger partial charge in [-0.25, -0.2) is 14.4 Å². The lowest BCUT2D eigenvalue weighted by Crippen LogP contribution is -2.20. The summed E-state index contributed by atoms with van der Waals surface area (Å²) in [5.74, 6) is 0.585. The molecule has 4 rings (SSSR count). The van der Waals surface area contributed by atoms with Crippen molar-refractivity contribution in [1.29, 1.82) is 0 Å². The fourth-order valence-corrected chi connectivity index (χ4v) is 3.08. The average molecular weight is 488 g/mol. The van der Waals surface area contributed by atoms with Crippen LogP contribution in [-0.4, -0.2) is 37.3 Å². The minimum Gasteiger partial charge on any atom is -0.390 e. The Morgan fingerprint density at radius 1 is 1.11 bits per heavy atom. The summed E-state index contributed by atoms with van der Waals surface area (Å²) in [6.07, 6.45) is 12.3. The van der Waals surface area contributed by atoms with E-state index in [1.807, 2.05) is 64.7 Å². The molecule has 7 nitrogen and oxygen atoms in total. The third-order valence-electron chi connectivity index (χ3n) is 5.12. The van der Waals surface area contributed by atoms with E-state index in [4.69, 9.17) is 5.10 Å². The highest BCUT2D eigenvalue weighted by Crippen LogP contribution is 2.27. The summed E-state index contributed by atoms with van der Waals surface area (Å²) in [7, 11) is 3.81. The summed E-state index contributed by atoms with van der Waals surface area (Å²) in [6.45, 7) is 15.4. The van der Waals surface area contributed by atoms with Gasteiger partial charge in [-0.1, -0.05) is 27.0 Å². The van der Waals surface area contributed by atoms with Crippen molar-refractivity contribution in [3.8, 4) is 11.3 Å². The molecular formula is C28H34FN7. The molecule has 2 aromatic heterocycles. The molecule has 36 heavy (non-hydrogen) atoms. The first-order valence-electron chi connectivity index (χ1n) is 11.6. The fourth-order valence-electron chi connectivity index (χ4n) is 3.08. The molecule has 0 radical (unpaired) electrons. The number of aryl methyl sites for hydroxylation is 1. The summed E-state index contributed by atoms with van der Waals surface area (Å²) in [4.78, 5) is 12.4. The summed E-state index contributed by atoms with van der Waals surface area (Å²) in [6, 6.07) is 6.34. The number of imidazole rings is 1. The van der Waals surface area contributed by atoms with E-state index in [0.29, 0.717) is 0 Å². The number of halogens is 1. The average Bonchev–Trinajstić information content (AvgIpc) is 3.21. The number of allylic oxidation sites excluding steroid dienone is 3. The third kappa shape index (κ3) is 7.09. The first kappa shape index (κ1) is 27.9. The Labute approximate surface area is 213 Å². The van der Waals surface area contributed by atoms with Crippen LogP contribution < -0.4 is 5.32 Å². The Bertz CT molecular complexity index is 1250. The summed E-state index contributed by atoms with van der Waals surface area (Å²) < 4.78 is 15.3. The SMILES string of the molecule is C=C1C=CC(c2c(-c3ccc(F)cc3)nc(C)n2C)=NN1/C=C(\C)NC.C=Cc1cnccn1.CC. The van der Waals surface area contributed by atoms with Crippen LogP contribution in [0, 0.1) is 12.7 Å². The van der Waals surface area contributed by atoms with Gasteiger partial charge >= 0.3 is 0 Å². The molecule has 1 aliphatic heterocycles. The standard InChI is InChI=1S/C20H22FN5.C6H6N2.C2H6/c1-13(22-4)12-26-14(2)6-11-18(24-26)20-19(23-15(3)25(20)5)16-7-9-17(21)10-8-16;1-2-6-5-7-3-4-8-6;1-2/h6-12,22H,2H2,1,3-5H3;2-5H,1H2;1-2H3/b13-12+;;. The Kier molecular flexibility index (Phi) is 10.5. The van der Waals surface area contributed by atoms with Crippen molar-refractivity contribution in [3.63, 3.8) is 0 Å². The zero-order chi connectivity index (χ0) is 26.7. The van der Waals surface area contributed by atoms with Crippen LogP contribution in [0.3, 0.4) is 0 Å². The minimum absolute atomic E-state index is 0.270. The van der Waals surface area contributed by atoms with Crippen molar-refractivity contribution in [1.82, 2.24) is 29.8 Å². The number of aromatic nitrogens is 4. The third-order valence-corrected chi connectivity index (χ3v) is 5.12. The number of rotatable bonds is 5. The predicted molar refractivity (Wildman–Crippen MR) is 146 cm³/mol. The molecule has 1 aromatic carbocycles. The molecule has 3 heterocycles. The van der Waals surface area contributed by atoms with Gasteiger partial charge in [0.05, 0.1) is 29.0 Å². The maximum atomic E-state index is 13.3. The van der Waals surface area contributed by atoms with Crippen LogP contribution in [-0.2, 0) is 7.05 Å². The van der Waals surface area contributed by atoms with Crippen LogP contribution in [0.2, 0.25) is 0 Å². The largest absolute Gasteiger partial charge is 0.390 e. The van der Waals surface area contributed by atoms with E-state index >= 15 is 0 Å². The predicted octanol–water partition coefficient (Wildman–Crippen LogP) is 5.85. The Morgan fingerprint density at radius 2 is 1.81 bits per heavy atom. The highest BCUT2D eigenvalue weighted by molar-refractivity contribution is 6.11. The van der Waals surface area contributed by atoms with Crippen molar-refractivity contribution in [2.24, 2.45) is 12.1 Å². The molecule has 0 unspecified atom stereocenters. The molecule has 0 saturated heterocycles. The minimum atomic E-state index is -0.270. The lowest BCUT2D eigenvalue weighted by atomic mass is 10.1. The van der Waals surface area contributed by atoms with E-state index in [1.54, 1.807) is 41.8 Å². The van der Waals surface area contributed by atoms with Crippen LogP contribution >= 0.6 is 0 Å². The van der Waals surface area contributed by atoms with Gasteiger partial charge in [0.1, 0.15) is 17.4 Å². The smallest absolute Gasteiger partial charge is 0.123 e. The van der Waals surface area contributed by atoms with Gasteiger partial charge in [0.15, 0.2) is 0 Å². The van der Waals surface area contributed by atoms with E-state index < -0.39 is 0 Å². The van der Waals surface area contributed by atoms with Crippen molar-refractivity contribution in [2.45, 2.75) is 27.7 Å². The van der Waals surface area contributed by atoms with Crippen molar-refractivity contribution in [3.05, 3.63) is 109 Å². The summed E-state index contributed by atoms with van der Waals surface area (Å²) in [5.41, 5.74) is 5.80. The van der Waals surface area contributed by atoms with Crippen molar-refractivity contribution < 1.29 is 4.39 Å². The Balaban J connectivity index is 0.000000384. The zero-order valence-corrected chi connectivity index (χ0v) is 21.8. The van der Waals surface area contributed by atoms with Crippen LogP contribution in [0.4, 0.5) is 4.39 Å². The first-order valence-corrected chi connectivity index (χ1v) is 11.6. The second-order valence-electron chi connectivity index (χ2n) is 7.47. The highest BCUT2D eigenvalue weighted by Gasteiger charge is 2.21. The number of nitrogens with zero attached hydrogens (tertiary/aromatic N) is 6. The molecule has 0 spiro atoms. The quantitative estimate of drug-likeness (QED) is 0.489. The summed E-state index contributed by atoms with van der Waals surface area (Å²) >= 11 is 0. The lowest BCUT2D eigenvalue weighted by Gasteiger charge is -2.21. The molecule has 1 N–H and O–H groups in total. The monoisotopic (exact) mass is 487 g/mol. The normalized spacial score (nSPS) is 12.6. The Morgan fingerprint density at radius 3 is 2.36 bits per heavy atom. The van der Waals surface area contributed by atoms with E-state index in [1.165, 1.54) is 12.1 Å². The topological polar surface area (TPSA) is 71.2 Å². The molecule has 0 saturated carbocycles. The van der Waals surface area contributed by atoms with E-state index in [9.17, 15) is 4.39 Å². The van der Waals surface area contributed by atoms with Crippen LogP contribution in [0.15, 0.2) is 90.9 Å². The molecular weight excluding hydrogens is 453 g/mol. The van der Waals surface area contributed by atoms with Crippen molar-refractivity contribution in [2.75, 3.05) is 7.05 Å². The Hall–Kier alpha value is -4.33. The maximum absolute atomic E-state index is 13.3. The van der Waals surface area contributed by atoms with E-state index in [0.717, 1.165) is 45.6 Å². The van der Waals surface area contributed by atoms with Gasteiger partial charge in [-0.15, -0.1) is 0 Å². The lowest BCUT2D eigenvalue weighted by molar-refractivity contribution is 0.504. The first-order chi connectivity index (χ1) is 17.3. The van der Waals surface area contributed by atoms with E-state index in [2.05, 4.69) is 33.4 Å². The van der Waals surface area contributed by atoms with Gasteiger partial charge in [-0.3, -0.25) is 9.97 Å². The number of nitrogens with one attached hydrogen (secondary N) is 1. The van der Waals surface area contributed by atoms with Crippen LogP contribution in [0.25, 0.3) is 17.3 Å². The van der Waals surface area contributed by atoms with Crippen molar-refractivity contribution >= 4 is 11.8 Å². The molecule has 0 amide bonds. The fraction of sp³-hybridized carbons (Fsp3) is 0.214. The number of benzene rings is 1. The van der Waals surface area contributed by atoms with Crippen LogP contribution in [0.1, 0.15) is 38.0 Å².